The predicted molar refractivity (Wildman–Crippen MR) is 74.9 cm³/mol. The maximum Gasteiger partial charge on any atom is 0.417 e. The van der Waals surface area contributed by atoms with Crippen LogP contribution in [0.25, 0.3) is 22.6 Å². The summed E-state index contributed by atoms with van der Waals surface area (Å²) in [5, 5.41) is 3.42. The maximum atomic E-state index is 13.4. The summed E-state index contributed by atoms with van der Waals surface area (Å²) >= 11 is 0. The summed E-state index contributed by atoms with van der Waals surface area (Å²) in [7, 11) is 0. The van der Waals surface area contributed by atoms with Crippen molar-refractivity contribution in [2.45, 2.75) is 13.1 Å². The molecule has 112 valence electrons. The molecule has 0 saturated heterocycles. The molecule has 2 aromatic carbocycles. The highest BCUT2D eigenvalue weighted by Crippen LogP contribution is 2.40. The Morgan fingerprint density at radius 1 is 1.00 bits per heavy atom. The zero-order chi connectivity index (χ0) is 15.7. The Bertz CT molecular complexity index is 795. The lowest BCUT2D eigenvalue weighted by molar-refractivity contribution is -0.137. The molecule has 3 rings (SSSR count). The molecule has 0 spiro atoms. The minimum Gasteiger partial charge on any atom is -0.334 e. The molecule has 1 heterocycles. The van der Waals surface area contributed by atoms with Gasteiger partial charge in [0.15, 0.2) is 6.33 Å². The van der Waals surface area contributed by atoms with Crippen LogP contribution in [0.2, 0.25) is 0 Å². The zero-order valence-electron chi connectivity index (χ0n) is 11.6. The summed E-state index contributed by atoms with van der Waals surface area (Å²) in [6.45, 7) is 1.78. The molecule has 3 nitrogen and oxygen atoms in total. The highest BCUT2D eigenvalue weighted by atomic mass is 19.4. The van der Waals surface area contributed by atoms with Crippen LogP contribution in [0.5, 0.6) is 0 Å². The Labute approximate surface area is 124 Å². The van der Waals surface area contributed by atoms with Crippen LogP contribution in [-0.4, -0.2) is 10.1 Å². The van der Waals surface area contributed by atoms with Crippen LogP contribution in [0.1, 0.15) is 11.1 Å². The molecular weight excluding hydrogens is 293 g/mol. The minimum absolute atomic E-state index is 0.0573. The molecule has 1 aromatic heterocycles. The number of nitrogens with zero attached hydrogens (tertiary/aromatic N) is 2. The summed E-state index contributed by atoms with van der Waals surface area (Å²) in [5.41, 5.74) is 0.971. The first kappa shape index (κ1) is 14.3. The fourth-order valence-electron chi connectivity index (χ4n) is 2.32. The molecule has 0 N–H and O–H groups in total. The van der Waals surface area contributed by atoms with E-state index in [1.54, 1.807) is 37.3 Å². The second kappa shape index (κ2) is 5.29. The number of hydrogen-bond acceptors (Lipinski definition) is 3. The molecule has 0 saturated carbocycles. The Hall–Kier alpha value is -2.63. The monoisotopic (exact) mass is 304 g/mol. The molecular formula is C16H11F3N2O. The maximum absolute atomic E-state index is 13.4. The lowest BCUT2D eigenvalue weighted by atomic mass is 9.94. The first-order chi connectivity index (χ1) is 10.5. The molecule has 0 atom stereocenters. The van der Waals surface area contributed by atoms with Crippen LogP contribution < -0.4 is 0 Å². The van der Waals surface area contributed by atoms with Gasteiger partial charge in [-0.05, 0) is 35.7 Å². The fourth-order valence-corrected chi connectivity index (χ4v) is 2.32. The number of alkyl halides is 3. The smallest absolute Gasteiger partial charge is 0.334 e. The molecule has 0 aliphatic rings. The second-order valence-corrected chi connectivity index (χ2v) is 4.82. The van der Waals surface area contributed by atoms with Gasteiger partial charge in [-0.15, -0.1) is 0 Å². The highest BCUT2D eigenvalue weighted by Gasteiger charge is 2.34. The predicted octanol–water partition coefficient (Wildman–Crippen LogP) is 4.73. The van der Waals surface area contributed by atoms with Crippen LogP contribution in [0.15, 0.2) is 53.3 Å². The molecule has 22 heavy (non-hydrogen) atoms. The van der Waals surface area contributed by atoms with Crippen LogP contribution in [-0.2, 0) is 6.18 Å². The van der Waals surface area contributed by atoms with E-state index in [0.717, 1.165) is 18.0 Å². The van der Waals surface area contributed by atoms with Gasteiger partial charge < -0.3 is 4.52 Å². The zero-order valence-corrected chi connectivity index (χ0v) is 11.6. The van der Waals surface area contributed by atoms with Crippen molar-refractivity contribution in [3.63, 3.8) is 0 Å². The first-order valence-electron chi connectivity index (χ1n) is 6.51. The van der Waals surface area contributed by atoms with Crippen molar-refractivity contribution in [1.29, 1.82) is 0 Å². The Kier molecular flexibility index (Phi) is 3.44. The molecule has 0 aliphatic carbocycles. The second-order valence-electron chi connectivity index (χ2n) is 4.82. The summed E-state index contributed by atoms with van der Waals surface area (Å²) < 4.78 is 45.1. The van der Waals surface area contributed by atoms with E-state index >= 15 is 0 Å². The Morgan fingerprint density at radius 3 is 2.41 bits per heavy atom. The van der Waals surface area contributed by atoms with Crippen molar-refractivity contribution in [3.05, 3.63) is 59.9 Å². The van der Waals surface area contributed by atoms with Crippen molar-refractivity contribution < 1.29 is 17.7 Å². The van der Waals surface area contributed by atoms with Crippen LogP contribution in [0, 0.1) is 6.92 Å². The number of rotatable bonds is 2. The molecule has 0 aliphatic heterocycles. The van der Waals surface area contributed by atoms with Crippen molar-refractivity contribution in [2.75, 3.05) is 0 Å². The standard InChI is InChI=1S/C16H11F3N2O/c1-10-4-2-3-5-12(10)13-7-6-11(15-20-9-21-22-15)8-14(13)16(17,18)19/h2-9H,1H3. The summed E-state index contributed by atoms with van der Waals surface area (Å²) in [6.07, 6.45) is -3.33. The van der Waals surface area contributed by atoms with Gasteiger partial charge in [0, 0.05) is 5.56 Å². The van der Waals surface area contributed by atoms with E-state index < -0.39 is 11.7 Å². The molecule has 0 unspecified atom stereocenters. The van der Waals surface area contributed by atoms with Gasteiger partial charge in [0.05, 0.1) is 5.56 Å². The third-order valence-electron chi connectivity index (χ3n) is 3.37. The van der Waals surface area contributed by atoms with Crippen molar-refractivity contribution >= 4 is 0 Å². The van der Waals surface area contributed by atoms with E-state index in [0.29, 0.717) is 5.56 Å². The average molecular weight is 304 g/mol. The number of benzene rings is 2. The van der Waals surface area contributed by atoms with Crippen molar-refractivity contribution in [2.24, 2.45) is 0 Å². The van der Waals surface area contributed by atoms with Gasteiger partial charge in [-0.1, -0.05) is 35.5 Å². The third-order valence-corrected chi connectivity index (χ3v) is 3.37. The van der Waals surface area contributed by atoms with Crippen molar-refractivity contribution in [3.8, 4) is 22.6 Å². The average Bonchev–Trinajstić information content (AvgIpc) is 3.00. The number of halogens is 3. The van der Waals surface area contributed by atoms with Crippen LogP contribution in [0.4, 0.5) is 13.2 Å². The van der Waals surface area contributed by atoms with E-state index in [2.05, 4.69) is 10.1 Å². The number of hydrogen-bond donors (Lipinski definition) is 0. The van der Waals surface area contributed by atoms with Gasteiger partial charge in [0.25, 0.3) is 5.89 Å². The minimum atomic E-state index is -4.48. The van der Waals surface area contributed by atoms with Gasteiger partial charge in [-0.25, -0.2) is 0 Å². The molecule has 6 heteroatoms. The van der Waals surface area contributed by atoms with Crippen LogP contribution in [0.3, 0.4) is 0 Å². The fraction of sp³-hybridized carbons (Fsp3) is 0.125. The summed E-state index contributed by atoms with van der Waals surface area (Å²) in [5.74, 6) is 0.0573. The van der Waals surface area contributed by atoms with Crippen molar-refractivity contribution in [1.82, 2.24) is 10.1 Å². The summed E-state index contributed by atoms with van der Waals surface area (Å²) in [6, 6.07) is 11.0. The van der Waals surface area contributed by atoms with E-state index in [4.69, 9.17) is 4.52 Å². The molecule has 0 radical (unpaired) electrons. The van der Waals surface area contributed by atoms with Gasteiger partial charge in [0.2, 0.25) is 0 Å². The largest absolute Gasteiger partial charge is 0.417 e. The van der Waals surface area contributed by atoms with Gasteiger partial charge >= 0.3 is 6.18 Å². The van der Waals surface area contributed by atoms with Gasteiger partial charge in [0.1, 0.15) is 0 Å². The molecule has 0 fully saturated rings. The molecule has 3 aromatic rings. The van der Waals surface area contributed by atoms with E-state index in [1.807, 2.05) is 0 Å². The third kappa shape index (κ3) is 2.59. The number of aryl methyl sites for hydroxylation is 1. The van der Waals surface area contributed by atoms with E-state index in [-0.39, 0.29) is 17.0 Å². The van der Waals surface area contributed by atoms with Gasteiger partial charge in [-0.2, -0.15) is 18.2 Å². The van der Waals surface area contributed by atoms with E-state index in [1.165, 1.54) is 6.07 Å². The SMILES string of the molecule is Cc1ccccc1-c1ccc(-c2ncno2)cc1C(F)(F)F. The molecule has 0 amide bonds. The Balaban J connectivity index is 2.21. The van der Waals surface area contributed by atoms with Crippen LogP contribution >= 0.6 is 0 Å². The lowest BCUT2D eigenvalue weighted by Crippen LogP contribution is -2.08. The normalized spacial score (nSPS) is 11.6. The summed E-state index contributed by atoms with van der Waals surface area (Å²) in [4.78, 5) is 3.78. The topological polar surface area (TPSA) is 38.9 Å². The Morgan fingerprint density at radius 2 is 1.77 bits per heavy atom. The molecule has 0 bridgehead atoms. The van der Waals surface area contributed by atoms with E-state index in [9.17, 15) is 13.2 Å². The lowest BCUT2D eigenvalue weighted by Gasteiger charge is -2.15. The first-order valence-corrected chi connectivity index (χ1v) is 6.51. The highest BCUT2D eigenvalue weighted by molar-refractivity contribution is 5.74. The van der Waals surface area contributed by atoms with Gasteiger partial charge in [-0.3, -0.25) is 0 Å². The number of aromatic nitrogens is 2. The quantitative estimate of drug-likeness (QED) is 0.687.